The normalized spacial score (nSPS) is 10.3. The van der Waals surface area contributed by atoms with E-state index < -0.39 is 0 Å². The number of rotatable bonds is 3. The van der Waals surface area contributed by atoms with Crippen LogP contribution in [0.5, 0.6) is 11.5 Å². The van der Waals surface area contributed by atoms with Crippen LogP contribution in [0.25, 0.3) is 0 Å². The van der Waals surface area contributed by atoms with Gasteiger partial charge in [0.25, 0.3) is 5.91 Å². The number of hydrogen-bond acceptors (Lipinski definition) is 3. The van der Waals surface area contributed by atoms with E-state index in [1.165, 1.54) is 7.11 Å². The molecular weight excluding hydrogens is 334 g/mol. The number of ether oxygens (including phenoxy) is 1. The molecule has 0 unspecified atom stereocenters. The average Bonchev–Trinajstić information content (AvgIpc) is 2.44. The zero-order valence-corrected chi connectivity index (χ0v) is 13.6. The minimum Gasteiger partial charge on any atom is -0.508 e. The van der Waals surface area contributed by atoms with Gasteiger partial charge in [0.05, 0.1) is 12.7 Å². The molecule has 0 saturated heterocycles. The van der Waals surface area contributed by atoms with Crippen LogP contribution in [0.3, 0.4) is 0 Å². The molecule has 0 spiro atoms. The molecule has 0 aliphatic carbocycles. The topological polar surface area (TPSA) is 58.6 Å². The zero-order valence-electron chi connectivity index (χ0n) is 12.0. The van der Waals surface area contributed by atoms with Gasteiger partial charge < -0.3 is 15.2 Å². The highest BCUT2D eigenvalue weighted by Gasteiger charge is 2.14. The summed E-state index contributed by atoms with van der Waals surface area (Å²) in [5.74, 6) is 0.453. The highest BCUT2D eigenvalue weighted by molar-refractivity contribution is 9.10. The Morgan fingerprint density at radius 2 is 1.90 bits per heavy atom. The Labute approximate surface area is 131 Å². The number of halogens is 1. The van der Waals surface area contributed by atoms with Crippen LogP contribution >= 0.6 is 15.9 Å². The molecule has 0 atom stereocenters. The summed E-state index contributed by atoms with van der Waals surface area (Å²) in [6.45, 7) is 3.61. The lowest BCUT2D eigenvalue weighted by molar-refractivity contribution is 0.102. The number of nitrogens with one attached hydrogen (secondary N) is 1. The van der Waals surface area contributed by atoms with Gasteiger partial charge in [0.2, 0.25) is 0 Å². The highest BCUT2D eigenvalue weighted by Crippen LogP contribution is 2.27. The molecule has 0 bridgehead atoms. The van der Waals surface area contributed by atoms with Gasteiger partial charge in [-0.25, -0.2) is 0 Å². The third-order valence-electron chi connectivity index (χ3n) is 3.20. The monoisotopic (exact) mass is 349 g/mol. The van der Waals surface area contributed by atoms with Crippen molar-refractivity contribution in [2.75, 3.05) is 12.4 Å². The third-order valence-corrected chi connectivity index (χ3v) is 3.69. The number of benzene rings is 2. The van der Waals surface area contributed by atoms with Crippen molar-refractivity contribution in [1.29, 1.82) is 0 Å². The molecular formula is C16H16BrNO3. The van der Waals surface area contributed by atoms with Gasteiger partial charge in [-0.05, 0) is 55.3 Å². The Kier molecular flexibility index (Phi) is 4.53. The lowest BCUT2D eigenvalue weighted by Crippen LogP contribution is -2.14. The number of methoxy groups -OCH3 is 1. The number of aromatic hydroxyl groups is 1. The summed E-state index contributed by atoms with van der Waals surface area (Å²) >= 11 is 3.34. The molecule has 2 aromatic rings. The summed E-state index contributed by atoms with van der Waals surface area (Å²) in [5, 5.41) is 12.5. The molecule has 0 fully saturated rings. The summed E-state index contributed by atoms with van der Waals surface area (Å²) in [7, 11) is 1.52. The van der Waals surface area contributed by atoms with E-state index in [9.17, 15) is 9.90 Å². The van der Waals surface area contributed by atoms with Crippen molar-refractivity contribution in [3.63, 3.8) is 0 Å². The van der Waals surface area contributed by atoms with Crippen molar-refractivity contribution in [3.8, 4) is 11.5 Å². The van der Waals surface area contributed by atoms with E-state index in [0.717, 1.165) is 10.0 Å². The number of aryl methyl sites for hydroxylation is 2. The number of hydrogen-bond donors (Lipinski definition) is 2. The molecule has 1 amide bonds. The van der Waals surface area contributed by atoms with Crippen molar-refractivity contribution in [2.24, 2.45) is 0 Å². The number of carbonyl (C=O) groups excluding carboxylic acids is 1. The molecule has 0 saturated carbocycles. The summed E-state index contributed by atoms with van der Waals surface area (Å²) in [4.78, 5) is 12.4. The Morgan fingerprint density at radius 1 is 1.19 bits per heavy atom. The van der Waals surface area contributed by atoms with Gasteiger partial charge in [-0.1, -0.05) is 15.9 Å². The lowest BCUT2D eigenvalue weighted by atomic mass is 10.1. The quantitative estimate of drug-likeness (QED) is 0.822. The predicted molar refractivity (Wildman–Crippen MR) is 86.2 cm³/mol. The number of phenols is 1. The Hall–Kier alpha value is -2.01. The fraction of sp³-hybridized carbons (Fsp3) is 0.188. The van der Waals surface area contributed by atoms with Gasteiger partial charge in [0.1, 0.15) is 11.5 Å². The van der Waals surface area contributed by atoms with Crippen LogP contribution in [0.4, 0.5) is 5.69 Å². The van der Waals surface area contributed by atoms with E-state index in [2.05, 4.69) is 21.2 Å². The second-order valence-corrected chi connectivity index (χ2v) is 5.67. The molecule has 21 heavy (non-hydrogen) atoms. The Balaban J connectivity index is 2.32. The van der Waals surface area contributed by atoms with E-state index in [-0.39, 0.29) is 11.7 Å². The minimum absolute atomic E-state index is 0.215. The third kappa shape index (κ3) is 3.36. The maximum atomic E-state index is 12.4. The first-order valence-electron chi connectivity index (χ1n) is 6.37. The molecule has 0 radical (unpaired) electrons. The zero-order chi connectivity index (χ0) is 15.6. The number of phenolic OH excluding ortho intramolecular Hbond substituents is 1. The maximum absolute atomic E-state index is 12.4. The minimum atomic E-state index is -0.257. The van der Waals surface area contributed by atoms with Crippen molar-refractivity contribution >= 4 is 27.5 Å². The van der Waals surface area contributed by atoms with Crippen LogP contribution < -0.4 is 10.1 Å². The first kappa shape index (κ1) is 15.4. The van der Waals surface area contributed by atoms with E-state index in [1.54, 1.807) is 37.3 Å². The standard InChI is InChI=1S/C16H16BrNO3/c1-9-7-14(19)10(2)6-13(9)18-16(20)12-5-4-11(17)8-15(12)21-3/h4-8,19H,1-3H3,(H,18,20). The number of anilines is 1. The first-order valence-corrected chi connectivity index (χ1v) is 7.16. The first-order chi connectivity index (χ1) is 9.92. The number of amides is 1. The van der Waals surface area contributed by atoms with Gasteiger partial charge >= 0.3 is 0 Å². The van der Waals surface area contributed by atoms with Crippen LogP contribution in [0.2, 0.25) is 0 Å². The SMILES string of the molecule is COc1cc(Br)ccc1C(=O)Nc1cc(C)c(O)cc1C. The van der Waals surface area contributed by atoms with Gasteiger partial charge in [0.15, 0.2) is 0 Å². The highest BCUT2D eigenvalue weighted by atomic mass is 79.9. The lowest BCUT2D eigenvalue weighted by Gasteiger charge is -2.13. The molecule has 110 valence electrons. The summed E-state index contributed by atoms with van der Waals surface area (Å²) < 4.78 is 6.07. The largest absolute Gasteiger partial charge is 0.508 e. The van der Waals surface area contributed by atoms with Crippen molar-refractivity contribution < 1.29 is 14.6 Å². The molecule has 5 heteroatoms. The van der Waals surface area contributed by atoms with Crippen LogP contribution in [0.15, 0.2) is 34.8 Å². The van der Waals surface area contributed by atoms with Gasteiger partial charge in [0, 0.05) is 10.2 Å². The molecule has 0 heterocycles. The fourth-order valence-corrected chi connectivity index (χ4v) is 2.32. The molecule has 0 aliphatic rings. The molecule has 2 N–H and O–H groups in total. The average molecular weight is 350 g/mol. The molecule has 4 nitrogen and oxygen atoms in total. The predicted octanol–water partition coefficient (Wildman–Crippen LogP) is 4.03. The second kappa shape index (κ2) is 6.18. The Bertz CT molecular complexity index is 698. The fourth-order valence-electron chi connectivity index (χ4n) is 1.98. The number of carbonyl (C=O) groups is 1. The van der Waals surface area contributed by atoms with Crippen molar-refractivity contribution in [3.05, 3.63) is 51.5 Å². The summed E-state index contributed by atoms with van der Waals surface area (Å²) in [6, 6.07) is 8.59. The van der Waals surface area contributed by atoms with Crippen molar-refractivity contribution in [2.45, 2.75) is 13.8 Å². The molecule has 2 rings (SSSR count). The van der Waals surface area contributed by atoms with E-state index in [0.29, 0.717) is 22.6 Å². The van der Waals surface area contributed by atoms with Crippen LogP contribution in [-0.2, 0) is 0 Å². The van der Waals surface area contributed by atoms with E-state index >= 15 is 0 Å². The second-order valence-electron chi connectivity index (χ2n) is 4.75. The summed E-state index contributed by atoms with van der Waals surface area (Å²) in [5.41, 5.74) is 2.62. The molecule has 2 aromatic carbocycles. The van der Waals surface area contributed by atoms with Gasteiger partial charge in [-0.15, -0.1) is 0 Å². The van der Waals surface area contributed by atoms with Gasteiger partial charge in [-0.2, -0.15) is 0 Å². The maximum Gasteiger partial charge on any atom is 0.259 e. The van der Waals surface area contributed by atoms with E-state index in [1.807, 2.05) is 6.92 Å². The molecule has 0 aliphatic heterocycles. The Morgan fingerprint density at radius 3 is 2.57 bits per heavy atom. The van der Waals surface area contributed by atoms with Crippen LogP contribution in [-0.4, -0.2) is 18.1 Å². The van der Waals surface area contributed by atoms with Crippen LogP contribution in [0, 0.1) is 13.8 Å². The van der Waals surface area contributed by atoms with Crippen LogP contribution in [0.1, 0.15) is 21.5 Å². The van der Waals surface area contributed by atoms with Crippen molar-refractivity contribution in [1.82, 2.24) is 0 Å². The summed E-state index contributed by atoms with van der Waals surface area (Å²) in [6.07, 6.45) is 0. The van der Waals surface area contributed by atoms with Gasteiger partial charge in [-0.3, -0.25) is 4.79 Å². The molecule has 0 aromatic heterocycles. The smallest absolute Gasteiger partial charge is 0.259 e. The van der Waals surface area contributed by atoms with E-state index in [4.69, 9.17) is 4.74 Å².